The quantitative estimate of drug-likeness (QED) is 0.666. The molecule has 11 heavy (non-hydrogen) atoms. The van der Waals surface area contributed by atoms with Crippen molar-refractivity contribution in [3.05, 3.63) is 24.2 Å². The van der Waals surface area contributed by atoms with Gasteiger partial charge in [-0.2, -0.15) is 0 Å². The summed E-state index contributed by atoms with van der Waals surface area (Å²) in [6.07, 6.45) is 4.59. The topological polar surface area (TPSA) is 33.4 Å². The van der Waals surface area contributed by atoms with E-state index in [4.69, 9.17) is 4.42 Å². The van der Waals surface area contributed by atoms with Crippen LogP contribution in [0.2, 0.25) is 0 Å². The van der Waals surface area contributed by atoms with Gasteiger partial charge in [-0.25, -0.2) is 0 Å². The highest BCUT2D eigenvalue weighted by molar-refractivity contribution is 5.09. The van der Waals surface area contributed by atoms with E-state index in [9.17, 15) is 5.11 Å². The van der Waals surface area contributed by atoms with Crippen LogP contribution in [0.5, 0.6) is 0 Å². The third kappa shape index (κ3) is 1.18. The number of furan rings is 1. The van der Waals surface area contributed by atoms with Crippen LogP contribution in [0.4, 0.5) is 0 Å². The first-order valence-electron chi connectivity index (χ1n) is 4.09. The fourth-order valence-corrected chi connectivity index (χ4v) is 1.77. The van der Waals surface area contributed by atoms with Crippen molar-refractivity contribution >= 4 is 0 Å². The average molecular weight is 152 g/mol. The summed E-state index contributed by atoms with van der Waals surface area (Å²) in [7, 11) is 0. The van der Waals surface area contributed by atoms with Crippen molar-refractivity contribution in [3.8, 4) is 0 Å². The third-order valence-electron chi connectivity index (χ3n) is 2.39. The van der Waals surface area contributed by atoms with Gasteiger partial charge < -0.3 is 9.52 Å². The van der Waals surface area contributed by atoms with Gasteiger partial charge in [-0.15, -0.1) is 0 Å². The van der Waals surface area contributed by atoms with E-state index in [-0.39, 0.29) is 12.0 Å². The van der Waals surface area contributed by atoms with E-state index in [2.05, 4.69) is 0 Å². The first-order valence-corrected chi connectivity index (χ1v) is 4.09. The molecule has 1 fully saturated rings. The zero-order chi connectivity index (χ0) is 7.68. The van der Waals surface area contributed by atoms with Crippen molar-refractivity contribution in [2.24, 2.45) is 0 Å². The van der Waals surface area contributed by atoms with Crippen LogP contribution >= 0.6 is 0 Å². The fraction of sp³-hybridized carbons (Fsp3) is 0.556. The Bertz CT molecular complexity index is 215. The molecule has 0 radical (unpaired) electrons. The van der Waals surface area contributed by atoms with Gasteiger partial charge in [0.2, 0.25) is 0 Å². The molecule has 0 aliphatic heterocycles. The van der Waals surface area contributed by atoms with Crippen molar-refractivity contribution in [1.82, 2.24) is 0 Å². The monoisotopic (exact) mass is 152 g/mol. The molecule has 2 heteroatoms. The molecule has 2 rings (SSSR count). The summed E-state index contributed by atoms with van der Waals surface area (Å²) in [5, 5.41) is 9.50. The standard InChI is InChI=1S/C9H12O2/c10-8-4-1-3-7(8)9-5-2-6-11-9/h2,5-8,10H,1,3-4H2/t7-,8-/m1/s1. The van der Waals surface area contributed by atoms with Gasteiger partial charge in [0.05, 0.1) is 12.4 Å². The Hall–Kier alpha value is -0.760. The average Bonchev–Trinajstić information content (AvgIpc) is 2.55. The molecule has 0 bridgehead atoms. The van der Waals surface area contributed by atoms with Gasteiger partial charge in [0.1, 0.15) is 5.76 Å². The van der Waals surface area contributed by atoms with Gasteiger partial charge in [0, 0.05) is 5.92 Å². The molecule has 0 aromatic carbocycles. The highest BCUT2D eigenvalue weighted by Crippen LogP contribution is 2.34. The number of aliphatic hydroxyl groups excluding tert-OH is 1. The summed E-state index contributed by atoms with van der Waals surface area (Å²) < 4.78 is 5.23. The largest absolute Gasteiger partial charge is 0.469 e. The van der Waals surface area contributed by atoms with Crippen molar-refractivity contribution in [2.45, 2.75) is 31.3 Å². The molecule has 1 saturated carbocycles. The Kier molecular flexibility index (Phi) is 1.70. The van der Waals surface area contributed by atoms with Crippen LogP contribution in [-0.2, 0) is 0 Å². The number of rotatable bonds is 1. The van der Waals surface area contributed by atoms with Crippen molar-refractivity contribution < 1.29 is 9.52 Å². The second-order valence-corrected chi connectivity index (χ2v) is 3.12. The molecular weight excluding hydrogens is 140 g/mol. The molecule has 0 unspecified atom stereocenters. The van der Waals surface area contributed by atoms with E-state index >= 15 is 0 Å². The molecule has 1 aromatic rings. The maximum absolute atomic E-state index is 9.50. The third-order valence-corrected chi connectivity index (χ3v) is 2.39. The predicted molar refractivity (Wildman–Crippen MR) is 41.3 cm³/mol. The summed E-state index contributed by atoms with van der Waals surface area (Å²) in [6, 6.07) is 3.82. The predicted octanol–water partition coefficient (Wildman–Crippen LogP) is 1.91. The Labute approximate surface area is 65.8 Å². The Morgan fingerprint density at radius 1 is 1.45 bits per heavy atom. The second kappa shape index (κ2) is 2.70. The Balaban J connectivity index is 2.16. The van der Waals surface area contributed by atoms with Crippen LogP contribution in [0.15, 0.2) is 22.8 Å². The minimum Gasteiger partial charge on any atom is -0.469 e. The first kappa shape index (κ1) is 6.92. The van der Waals surface area contributed by atoms with E-state index in [0.717, 1.165) is 25.0 Å². The molecule has 1 heterocycles. The zero-order valence-electron chi connectivity index (χ0n) is 6.36. The molecule has 2 nitrogen and oxygen atoms in total. The van der Waals surface area contributed by atoms with Gasteiger partial charge in [-0.3, -0.25) is 0 Å². The summed E-state index contributed by atoms with van der Waals surface area (Å²) >= 11 is 0. The van der Waals surface area contributed by atoms with E-state index in [1.165, 1.54) is 0 Å². The molecule has 0 saturated heterocycles. The minimum absolute atomic E-state index is 0.179. The lowest BCUT2D eigenvalue weighted by Crippen LogP contribution is -2.09. The normalized spacial score (nSPS) is 31.0. The van der Waals surface area contributed by atoms with Crippen LogP contribution in [0.3, 0.4) is 0 Å². The van der Waals surface area contributed by atoms with E-state index in [1.54, 1.807) is 6.26 Å². The number of hydrogen-bond acceptors (Lipinski definition) is 2. The van der Waals surface area contributed by atoms with Crippen LogP contribution < -0.4 is 0 Å². The summed E-state index contributed by atoms with van der Waals surface area (Å²) in [5.74, 6) is 1.19. The second-order valence-electron chi connectivity index (χ2n) is 3.12. The number of aliphatic hydroxyl groups is 1. The van der Waals surface area contributed by atoms with E-state index in [1.807, 2.05) is 12.1 Å². The molecule has 2 atom stereocenters. The molecule has 60 valence electrons. The fourth-order valence-electron chi connectivity index (χ4n) is 1.77. The van der Waals surface area contributed by atoms with Crippen LogP contribution in [0.1, 0.15) is 30.9 Å². The molecule has 1 N–H and O–H groups in total. The van der Waals surface area contributed by atoms with Crippen LogP contribution in [-0.4, -0.2) is 11.2 Å². The van der Waals surface area contributed by atoms with Gasteiger partial charge in [0.25, 0.3) is 0 Å². The van der Waals surface area contributed by atoms with Gasteiger partial charge >= 0.3 is 0 Å². The first-order chi connectivity index (χ1) is 5.38. The summed E-state index contributed by atoms with van der Waals surface area (Å²) in [4.78, 5) is 0. The van der Waals surface area contributed by atoms with Crippen molar-refractivity contribution in [3.63, 3.8) is 0 Å². The molecular formula is C9H12O2. The summed E-state index contributed by atoms with van der Waals surface area (Å²) in [5.41, 5.74) is 0. The maximum Gasteiger partial charge on any atom is 0.109 e. The van der Waals surface area contributed by atoms with Gasteiger partial charge in [-0.1, -0.05) is 6.42 Å². The van der Waals surface area contributed by atoms with Crippen molar-refractivity contribution in [2.75, 3.05) is 0 Å². The van der Waals surface area contributed by atoms with Crippen LogP contribution in [0.25, 0.3) is 0 Å². The van der Waals surface area contributed by atoms with Crippen molar-refractivity contribution in [1.29, 1.82) is 0 Å². The maximum atomic E-state index is 9.50. The molecule has 1 aliphatic carbocycles. The van der Waals surface area contributed by atoms with Gasteiger partial charge in [-0.05, 0) is 25.0 Å². The Morgan fingerprint density at radius 3 is 2.91 bits per heavy atom. The van der Waals surface area contributed by atoms with Crippen LogP contribution in [0, 0.1) is 0 Å². The zero-order valence-corrected chi connectivity index (χ0v) is 6.36. The highest BCUT2D eigenvalue weighted by atomic mass is 16.3. The molecule has 0 spiro atoms. The SMILES string of the molecule is O[C@@H]1CCC[C@H]1c1ccco1. The lowest BCUT2D eigenvalue weighted by atomic mass is 10.0. The smallest absolute Gasteiger partial charge is 0.109 e. The lowest BCUT2D eigenvalue weighted by molar-refractivity contribution is 0.154. The minimum atomic E-state index is -0.179. The van der Waals surface area contributed by atoms with Gasteiger partial charge in [0.15, 0.2) is 0 Å². The Morgan fingerprint density at radius 2 is 2.36 bits per heavy atom. The van der Waals surface area contributed by atoms with E-state index < -0.39 is 0 Å². The molecule has 0 amide bonds. The number of hydrogen-bond donors (Lipinski definition) is 1. The highest BCUT2D eigenvalue weighted by Gasteiger charge is 2.28. The molecule has 1 aromatic heterocycles. The summed E-state index contributed by atoms with van der Waals surface area (Å²) in [6.45, 7) is 0. The molecule has 1 aliphatic rings. The lowest BCUT2D eigenvalue weighted by Gasteiger charge is -2.09. The van der Waals surface area contributed by atoms with E-state index in [0.29, 0.717) is 0 Å².